The van der Waals surface area contributed by atoms with Crippen LogP contribution >= 0.6 is 12.2 Å². The lowest BCUT2D eigenvalue weighted by Crippen LogP contribution is -2.23. The molecule has 4 heteroatoms. The van der Waals surface area contributed by atoms with Gasteiger partial charge in [-0.05, 0) is 41.4 Å². The Bertz CT molecular complexity index is 604. The van der Waals surface area contributed by atoms with Gasteiger partial charge < -0.3 is 5.32 Å². The molecule has 2 N–H and O–H groups in total. The number of rotatable bonds is 4. The molecule has 2 rings (SSSR count). The highest BCUT2D eigenvalue weighted by atomic mass is 32.1. The van der Waals surface area contributed by atoms with Crippen molar-refractivity contribution < 1.29 is 0 Å². The molecule has 2 aromatic carbocycles. The Hall–Kier alpha value is -2.20. The molecule has 3 nitrogen and oxygen atoms in total. The molecule has 0 bridgehead atoms. The second-order valence-electron chi connectivity index (χ2n) is 5.01. The normalized spacial score (nSPS) is 10.8. The van der Waals surface area contributed by atoms with Crippen LogP contribution in [0.15, 0.2) is 59.7 Å². The van der Waals surface area contributed by atoms with Gasteiger partial charge in [0.1, 0.15) is 0 Å². The minimum Gasteiger partial charge on any atom is -0.331 e. The zero-order chi connectivity index (χ0) is 15.1. The number of benzene rings is 2. The summed E-state index contributed by atoms with van der Waals surface area (Å²) in [6.45, 7) is 4.36. The largest absolute Gasteiger partial charge is 0.331 e. The van der Waals surface area contributed by atoms with Crippen molar-refractivity contribution in [3.8, 4) is 0 Å². The highest BCUT2D eigenvalue weighted by Crippen LogP contribution is 2.13. The van der Waals surface area contributed by atoms with Gasteiger partial charge >= 0.3 is 0 Å². The smallest absolute Gasteiger partial charge is 0.191 e. The molecule has 0 unspecified atom stereocenters. The summed E-state index contributed by atoms with van der Waals surface area (Å²) in [4.78, 5) is 0. The van der Waals surface area contributed by atoms with Gasteiger partial charge in [-0.25, -0.2) is 0 Å². The average Bonchev–Trinajstić information content (AvgIpc) is 2.49. The number of nitrogens with zero attached hydrogens (tertiary/aromatic N) is 1. The van der Waals surface area contributed by atoms with Crippen molar-refractivity contribution in [2.45, 2.75) is 19.8 Å². The van der Waals surface area contributed by atoms with Crippen LogP contribution in [0.2, 0.25) is 0 Å². The van der Waals surface area contributed by atoms with Gasteiger partial charge in [-0.15, -0.1) is 0 Å². The molecule has 0 aliphatic carbocycles. The van der Waals surface area contributed by atoms with Crippen LogP contribution in [0.25, 0.3) is 0 Å². The molecule has 2 aromatic rings. The van der Waals surface area contributed by atoms with Crippen molar-refractivity contribution in [2.75, 3.05) is 5.32 Å². The minimum atomic E-state index is 0.469. The first-order chi connectivity index (χ1) is 10.1. The maximum atomic E-state index is 5.17. The van der Waals surface area contributed by atoms with Crippen molar-refractivity contribution in [3.05, 3.63) is 65.7 Å². The van der Waals surface area contributed by atoms with Crippen LogP contribution in [0.5, 0.6) is 0 Å². The maximum Gasteiger partial charge on any atom is 0.191 e. The lowest BCUT2D eigenvalue weighted by atomic mass is 10.0. The summed E-state index contributed by atoms with van der Waals surface area (Å²) >= 11 is 5.17. The highest BCUT2D eigenvalue weighted by molar-refractivity contribution is 7.80. The number of nitrogens with one attached hydrogen (secondary N) is 2. The van der Waals surface area contributed by atoms with E-state index < -0.39 is 0 Å². The molecule has 0 radical (unpaired) electrons. The quantitative estimate of drug-likeness (QED) is 0.506. The van der Waals surface area contributed by atoms with E-state index in [2.05, 4.69) is 41.8 Å². The second-order valence-corrected chi connectivity index (χ2v) is 5.42. The Balaban J connectivity index is 1.86. The fraction of sp³-hybridized carbons (Fsp3) is 0.176. The van der Waals surface area contributed by atoms with Crippen LogP contribution in [0.1, 0.15) is 30.9 Å². The highest BCUT2D eigenvalue weighted by Gasteiger charge is 1.98. The molecular formula is C17H19N3S. The molecule has 0 fully saturated rings. The molecule has 0 aliphatic heterocycles. The van der Waals surface area contributed by atoms with Crippen molar-refractivity contribution in [1.82, 2.24) is 5.43 Å². The van der Waals surface area contributed by atoms with Crippen molar-refractivity contribution in [2.24, 2.45) is 5.10 Å². The monoisotopic (exact) mass is 297 g/mol. The number of thiocarbonyl (C=S) groups is 1. The molecule has 0 saturated carbocycles. The molecule has 0 atom stereocenters. The van der Waals surface area contributed by atoms with Crippen LogP contribution in [-0.2, 0) is 0 Å². The van der Waals surface area contributed by atoms with E-state index >= 15 is 0 Å². The summed E-state index contributed by atoms with van der Waals surface area (Å²) in [5.74, 6) is 0.539. The Morgan fingerprint density at radius 1 is 1.05 bits per heavy atom. The molecule has 0 aromatic heterocycles. The van der Waals surface area contributed by atoms with Crippen LogP contribution < -0.4 is 10.7 Å². The molecule has 0 saturated heterocycles. The van der Waals surface area contributed by atoms with Crippen LogP contribution in [-0.4, -0.2) is 11.3 Å². The van der Waals surface area contributed by atoms with Crippen LogP contribution in [0.4, 0.5) is 5.69 Å². The van der Waals surface area contributed by atoms with Gasteiger partial charge in [-0.1, -0.05) is 56.3 Å². The lowest BCUT2D eigenvalue weighted by Gasteiger charge is -2.06. The summed E-state index contributed by atoms with van der Waals surface area (Å²) in [7, 11) is 0. The van der Waals surface area contributed by atoms with E-state index in [1.807, 2.05) is 42.5 Å². The second kappa shape index (κ2) is 7.55. The third-order valence-electron chi connectivity index (χ3n) is 3.01. The maximum absolute atomic E-state index is 5.17. The van der Waals surface area contributed by atoms with Gasteiger partial charge in [-0.3, -0.25) is 5.43 Å². The summed E-state index contributed by atoms with van der Waals surface area (Å²) in [5, 5.41) is 7.66. The molecule has 21 heavy (non-hydrogen) atoms. The molecular weight excluding hydrogens is 278 g/mol. The number of hydrazone groups is 1. The lowest BCUT2D eigenvalue weighted by molar-refractivity contribution is 0.866. The van der Waals surface area contributed by atoms with Crippen molar-refractivity contribution >= 4 is 29.2 Å². The minimum absolute atomic E-state index is 0.469. The number of hydrogen-bond donors (Lipinski definition) is 2. The summed E-state index contributed by atoms with van der Waals surface area (Å²) < 4.78 is 0. The third kappa shape index (κ3) is 5.00. The molecule has 0 aliphatic rings. The predicted octanol–water partition coefficient (Wildman–Crippen LogP) is 4.13. The number of hydrogen-bond acceptors (Lipinski definition) is 2. The van der Waals surface area contributed by atoms with Gasteiger partial charge in [-0.2, -0.15) is 5.10 Å². The Morgan fingerprint density at radius 2 is 1.71 bits per heavy atom. The van der Waals surface area contributed by atoms with E-state index in [1.54, 1.807) is 6.21 Å². The summed E-state index contributed by atoms with van der Waals surface area (Å²) in [6.07, 6.45) is 1.75. The molecule has 0 amide bonds. The van der Waals surface area contributed by atoms with E-state index in [4.69, 9.17) is 12.2 Å². The predicted molar refractivity (Wildman–Crippen MR) is 93.9 cm³/mol. The van der Waals surface area contributed by atoms with Gasteiger partial charge in [0.05, 0.1) is 6.21 Å². The zero-order valence-corrected chi connectivity index (χ0v) is 13.0. The fourth-order valence-corrected chi connectivity index (χ4v) is 1.98. The fourth-order valence-electron chi connectivity index (χ4n) is 1.81. The van der Waals surface area contributed by atoms with Gasteiger partial charge in [0.25, 0.3) is 0 Å². The standard InChI is InChI=1S/C17H19N3S/c1-13(2)15-10-8-14(9-11-15)12-18-20-17(21)19-16-6-4-3-5-7-16/h3-13H,1-2H3,(H2,19,20,21). The van der Waals surface area contributed by atoms with E-state index in [1.165, 1.54) is 5.56 Å². The first-order valence-corrected chi connectivity index (χ1v) is 7.31. The third-order valence-corrected chi connectivity index (χ3v) is 3.21. The van der Waals surface area contributed by atoms with E-state index in [0.29, 0.717) is 11.0 Å². The summed E-state index contributed by atoms with van der Waals surface area (Å²) in [5.41, 5.74) is 6.10. The number of anilines is 1. The van der Waals surface area contributed by atoms with Crippen LogP contribution in [0, 0.1) is 0 Å². The topological polar surface area (TPSA) is 36.4 Å². The average molecular weight is 297 g/mol. The zero-order valence-electron chi connectivity index (χ0n) is 12.2. The SMILES string of the molecule is CC(C)c1ccc(C=NNC(=S)Nc2ccccc2)cc1. The first kappa shape index (κ1) is 15.2. The van der Waals surface area contributed by atoms with Crippen LogP contribution in [0.3, 0.4) is 0 Å². The number of para-hydroxylation sites is 1. The Labute approximate surface area is 131 Å². The van der Waals surface area contributed by atoms with Crippen molar-refractivity contribution in [3.63, 3.8) is 0 Å². The summed E-state index contributed by atoms with van der Waals surface area (Å²) in [6, 6.07) is 18.1. The van der Waals surface area contributed by atoms with E-state index in [0.717, 1.165) is 11.3 Å². The Kier molecular flexibility index (Phi) is 5.46. The molecule has 0 heterocycles. The van der Waals surface area contributed by atoms with Gasteiger partial charge in [0.2, 0.25) is 0 Å². The Morgan fingerprint density at radius 3 is 2.33 bits per heavy atom. The van der Waals surface area contributed by atoms with Gasteiger partial charge in [0.15, 0.2) is 5.11 Å². The molecule has 0 spiro atoms. The first-order valence-electron chi connectivity index (χ1n) is 6.90. The molecule has 108 valence electrons. The van der Waals surface area contributed by atoms with Gasteiger partial charge in [0, 0.05) is 5.69 Å². The van der Waals surface area contributed by atoms with E-state index in [-0.39, 0.29) is 0 Å². The van der Waals surface area contributed by atoms with Crippen molar-refractivity contribution in [1.29, 1.82) is 0 Å². The van der Waals surface area contributed by atoms with E-state index in [9.17, 15) is 0 Å².